The monoisotopic (exact) mass is 395 g/mol. The fourth-order valence-electron chi connectivity index (χ4n) is 2.54. The molecule has 0 N–H and O–H groups in total. The molecule has 6 nitrogen and oxygen atoms in total. The highest BCUT2D eigenvalue weighted by Crippen LogP contribution is 2.30. The van der Waals surface area contributed by atoms with Crippen LogP contribution in [0.3, 0.4) is 0 Å². The van der Waals surface area contributed by atoms with Crippen LogP contribution in [0.4, 0.5) is 4.79 Å². The van der Waals surface area contributed by atoms with Crippen LogP contribution in [0.5, 0.6) is 0 Å². The molecule has 0 saturated carbocycles. The van der Waals surface area contributed by atoms with E-state index in [1.165, 1.54) is 0 Å². The average Bonchev–Trinajstić information content (AvgIpc) is 2.71. The van der Waals surface area contributed by atoms with Gasteiger partial charge in [-0.1, -0.05) is 19.6 Å². The molecule has 0 aliphatic carbocycles. The first kappa shape index (κ1) is 23.2. The van der Waals surface area contributed by atoms with Gasteiger partial charge in [0, 0.05) is 6.42 Å². The summed E-state index contributed by atoms with van der Waals surface area (Å²) in [6.07, 6.45) is -0.293. The molecule has 0 aromatic rings. The first-order chi connectivity index (χ1) is 12.0. The molecule has 0 unspecified atom stereocenters. The van der Waals surface area contributed by atoms with Gasteiger partial charge in [0.25, 0.3) is 0 Å². The van der Waals surface area contributed by atoms with Crippen LogP contribution in [0, 0.1) is 17.4 Å². The molecule has 0 aromatic carbocycles. The summed E-state index contributed by atoms with van der Waals surface area (Å²) >= 11 is 0. The fraction of sp³-hybridized carbons (Fsp3) is 0.750. The van der Waals surface area contributed by atoms with Gasteiger partial charge in [0.1, 0.15) is 25.3 Å². The number of rotatable bonds is 2. The van der Waals surface area contributed by atoms with Gasteiger partial charge in [0.05, 0.1) is 5.92 Å². The summed E-state index contributed by atoms with van der Waals surface area (Å²) in [5, 5.41) is 0. The Morgan fingerprint density at radius 2 is 1.59 bits per heavy atom. The molecule has 1 heterocycles. The van der Waals surface area contributed by atoms with Gasteiger partial charge >= 0.3 is 12.1 Å². The molecule has 1 aliphatic heterocycles. The molecule has 152 valence electrons. The van der Waals surface area contributed by atoms with E-state index in [4.69, 9.17) is 9.47 Å². The summed E-state index contributed by atoms with van der Waals surface area (Å²) in [6.45, 7) is 16.7. The lowest BCUT2D eigenvalue weighted by atomic mass is 10.0. The van der Waals surface area contributed by atoms with Crippen molar-refractivity contribution in [1.29, 1.82) is 0 Å². The minimum atomic E-state index is -1.56. The van der Waals surface area contributed by atoms with Crippen molar-refractivity contribution in [1.82, 2.24) is 4.90 Å². The van der Waals surface area contributed by atoms with Gasteiger partial charge in [-0.2, -0.15) is 0 Å². The Hall–Kier alpha value is -1.81. The Morgan fingerprint density at radius 1 is 1.07 bits per heavy atom. The Labute approximate surface area is 164 Å². The van der Waals surface area contributed by atoms with E-state index in [-0.39, 0.29) is 6.42 Å². The number of amides is 2. The maximum absolute atomic E-state index is 12.8. The molecule has 2 amide bonds. The molecular formula is C20H33NO5Si. The predicted octanol–water partition coefficient (Wildman–Crippen LogP) is 3.75. The van der Waals surface area contributed by atoms with Crippen LogP contribution >= 0.6 is 0 Å². The topological polar surface area (TPSA) is 72.9 Å². The number of hydrogen-bond acceptors (Lipinski definition) is 5. The van der Waals surface area contributed by atoms with Gasteiger partial charge in [0.2, 0.25) is 5.91 Å². The maximum Gasteiger partial charge on any atom is 0.417 e. The molecule has 1 fully saturated rings. The van der Waals surface area contributed by atoms with Crippen molar-refractivity contribution < 1.29 is 23.9 Å². The van der Waals surface area contributed by atoms with E-state index >= 15 is 0 Å². The highest BCUT2D eigenvalue weighted by Gasteiger charge is 2.49. The van der Waals surface area contributed by atoms with Crippen LogP contribution in [0.1, 0.15) is 54.4 Å². The fourth-order valence-corrected chi connectivity index (χ4v) is 3.17. The van der Waals surface area contributed by atoms with Crippen LogP contribution in [0.25, 0.3) is 0 Å². The standard InChI is InChI=1S/C20H33NO5Si/c1-19(2,3)25-17(23)15-13-14(11-10-12-27(7,8)9)16(22)21(15)18(24)26-20(4,5)6/h14-15H,11,13H2,1-9H3/t14-,15+/m1/s1. The van der Waals surface area contributed by atoms with Crippen LogP contribution in [0.15, 0.2) is 0 Å². The molecule has 27 heavy (non-hydrogen) atoms. The average molecular weight is 396 g/mol. The highest BCUT2D eigenvalue weighted by atomic mass is 28.3. The van der Waals surface area contributed by atoms with E-state index in [1.54, 1.807) is 41.5 Å². The zero-order valence-corrected chi connectivity index (χ0v) is 19.1. The third-order valence-electron chi connectivity index (χ3n) is 3.49. The predicted molar refractivity (Wildman–Crippen MR) is 107 cm³/mol. The van der Waals surface area contributed by atoms with E-state index in [0.29, 0.717) is 6.42 Å². The molecule has 0 spiro atoms. The number of carbonyl (C=O) groups excluding carboxylic acids is 3. The van der Waals surface area contributed by atoms with Gasteiger partial charge in [-0.25, -0.2) is 14.5 Å². The molecule has 0 bridgehead atoms. The second-order valence-corrected chi connectivity index (χ2v) is 14.7. The summed E-state index contributed by atoms with van der Waals surface area (Å²) in [7, 11) is -1.56. The number of esters is 1. The normalized spacial score (nSPS) is 20.8. The number of nitrogens with zero attached hydrogens (tertiary/aromatic N) is 1. The zero-order valence-electron chi connectivity index (χ0n) is 18.1. The minimum absolute atomic E-state index is 0.202. The SMILES string of the molecule is CC(C)(C)OC(=O)[C@@H]1C[C@@H](CC#C[Si](C)(C)C)C(=O)N1C(=O)OC(C)(C)C. The molecule has 0 radical (unpaired) electrons. The van der Waals surface area contributed by atoms with Crippen LogP contribution in [-0.4, -0.2) is 48.2 Å². The van der Waals surface area contributed by atoms with Crippen molar-refractivity contribution >= 4 is 26.0 Å². The second-order valence-electron chi connectivity index (χ2n) is 9.93. The zero-order chi connectivity index (χ0) is 21.2. The van der Waals surface area contributed by atoms with Crippen LogP contribution in [-0.2, 0) is 19.1 Å². The van der Waals surface area contributed by atoms with Gasteiger partial charge in [-0.3, -0.25) is 4.79 Å². The van der Waals surface area contributed by atoms with Crippen molar-refractivity contribution in [2.45, 2.75) is 91.3 Å². The first-order valence-electron chi connectivity index (χ1n) is 9.29. The highest BCUT2D eigenvalue weighted by molar-refractivity contribution is 6.83. The van der Waals surface area contributed by atoms with Gasteiger partial charge in [-0.15, -0.1) is 11.5 Å². The lowest BCUT2D eigenvalue weighted by Gasteiger charge is -2.28. The van der Waals surface area contributed by atoms with E-state index in [1.807, 2.05) is 0 Å². The summed E-state index contributed by atoms with van der Waals surface area (Å²) in [5.74, 6) is 1.54. The Morgan fingerprint density at radius 3 is 2.04 bits per heavy atom. The third kappa shape index (κ3) is 7.75. The van der Waals surface area contributed by atoms with E-state index in [0.717, 1.165) is 4.90 Å². The van der Waals surface area contributed by atoms with Gasteiger partial charge in [-0.05, 0) is 48.0 Å². The second kappa shape index (κ2) is 8.05. The number of hydrogen-bond donors (Lipinski definition) is 0. The maximum atomic E-state index is 12.8. The minimum Gasteiger partial charge on any atom is -0.458 e. The number of imide groups is 1. The van der Waals surface area contributed by atoms with E-state index in [2.05, 4.69) is 31.1 Å². The third-order valence-corrected chi connectivity index (χ3v) is 4.41. The van der Waals surface area contributed by atoms with Gasteiger partial charge in [0.15, 0.2) is 0 Å². The molecule has 7 heteroatoms. The van der Waals surface area contributed by atoms with E-state index < -0.39 is 49.2 Å². The van der Waals surface area contributed by atoms with Crippen LogP contribution < -0.4 is 0 Å². The van der Waals surface area contributed by atoms with Crippen molar-refractivity contribution in [2.24, 2.45) is 5.92 Å². The number of likely N-dealkylation sites (tertiary alicyclic amines) is 1. The van der Waals surface area contributed by atoms with Gasteiger partial charge < -0.3 is 9.47 Å². The quantitative estimate of drug-likeness (QED) is 0.404. The van der Waals surface area contributed by atoms with Crippen molar-refractivity contribution in [3.8, 4) is 11.5 Å². The molecular weight excluding hydrogens is 362 g/mol. The Bertz CT molecular complexity index is 655. The first-order valence-corrected chi connectivity index (χ1v) is 12.8. The molecule has 2 atom stereocenters. The molecule has 0 aromatic heterocycles. The molecule has 1 aliphatic rings. The Kier molecular flexibility index (Phi) is 6.93. The number of carbonyl (C=O) groups is 3. The van der Waals surface area contributed by atoms with Crippen molar-refractivity contribution in [3.05, 3.63) is 0 Å². The largest absolute Gasteiger partial charge is 0.458 e. The summed E-state index contributed by atoms with van der Waals surface area (Å²) in [6, 6.07) is -0.981. The molecule has 1 saturated heterocycles. The summed E-state index contributed by atoms with van der Waals surface area (Å²) < 4.78 is 10.8. The summed E-state index contributed by atoms with van der Waals surface area (Å²) in [5.41, 5.74) is 1.73. The molecule has 1 rings (SSSR count). The lowest BCUT2D eigenvalue weighted by Crippen LogP contribution is -2.47. The lowest BCUT2D eigenvalue weighted by molar-refractivity contribution is -0.161. The van der Waals surface area contributed by atoms with Crippen molar-refractivity contribution in [2.75, 3.05) is 0 Å². The van der Waals surface area contributed by atoms with Crippen LogP contribution in [0.2, 0.25) is 19.6 Å². The smallest absolute Gasteiger partial charge is 0.417 e. The van der Waals surface area contributed by atoms with Crippen molar-refractivity contribution in [3.63, 3.8) is 0 Å². The number of ether oxygens (including phenoxy) is 2. The summed E-state index contributed by atoms with van der Waals surface area (Å²) in [4.78, 5) is 38.9. The Balaban J connectivity index is 3.08. The van der Waals surface area contributed by atoms with E-state index in [9.17, 15) is 14.4 Å².